The Balaban J connectivity index is 1.71. The van der Waals surface area contributed by atoms with Gasteiger partial charge in [-0.25, -0.2) is 19.3 Å². The van der Waals surface area contributed by atoms with E-state index in [1.165, 1.54) is 6.33 Å². The van der Waals surface area contributed by atoms with Crippen LogP contribution in [-0.2, 0) is 7.05 Å². The molecule has 0 aliphatic rings. The Morgan fingerprint density at radius 3 is 2.80 bits per heavy atom. The molecule has 0 bridgehead atoms. The smallest absolute Gasteiger partial charge is 0.274 e. The number of rotatable bonds is 3. The van der Waals surface area contributed by atoms with Crippen molar-refractivity contribution in [3.8, 4) is 5.82 Å². The van der Waals surface area contributed by atoms with Crippen molar-refractivity contribution in [3.63, 3.8) is 0 Å². The molecular weight excluding hydrogens is 318 g/mol. The van der Waals surface area contributed by atoms with Crippen molar-refractivity contribution in [2.75, 3.05) is 5.32 Å². The van der Waals surface area contributed by atoms with Crippen LogP contribution in [0.25, 0.3) is 16.7 Å². The van der Waals surface area contributed by atoms with Crippen molar-refractivity contribution in [1.29, 1.82) is 0 Å². The first-order valence-corrected chi connectivity index (χ1v) is 7.69. The minimum absolute atomic E-state index is 0.303. The van der Waals surface area contributed by atoms with Gasteiger partial charge in [0.15, 0.2) is 5.82 Å². The molecule has 124 valence electrons. The zero-order valence-corrected chi connectivity index (χ0v) is 13.7. The van der Waals surface area contributed by atoms with Gasteiger partial charge in [-0.1, -0.05) is 24.3 Å². The quantitative estimate of drug-likeness (QED) is 0.620. The molecule has 0 spiro atoms. The summed E-state index contributed by atoms with van der Waals surface area (Å²) in [6.07, 6.45) is 2.99. The minimum Gasteiger partial charge on any atom is -0.316 e. The molecule has 4 aromatic rings. The maximum absolute atomic E-state index is 12.7. The Morgan fingerprint density at radius 2 is 2.00 bits per heavy atom. The highest BCUT2D eigenvalue weighted by molar-refractivity contribution is 6.05. The standard InChI is InChI=1S/C17H15N7O/c1-11-15(17(23(2)22-11)24-10-18-9-19-24)21-16(25)14-8-7-12-5-3-4-6-13(12)20-14/h3-10H,1-2H3,(H,21,25). The summed E-state index contributed by atoms with van der Waals surface area (Å²) in [7, 11) is 1.79. The summed E-state index contributed by atoms with van der Waals surface area (Å²) in [5, 5.41) is 12.4. The third kappa shape index (κ3) is 2.63. The number of pyridine rings is 1. The van der Waals surface area contributed by atoms with Gasteiger partial charge in [-0.05, 0) is 19.1 Å². The number of benzene rings is 1. The van der Waals surface area contributed by atoms with Crippen LogP contribution in [-0.4, -0.2) is 35.4 Å². The summed E-state index contributed by atoms with van der Waals surface area (Å²) in [5.41, 5.74) is 2.37. The van der Waals surface area contributed by atoms with Gasteiger partial charge in [-0.2, -0.15) is 10.2 Å². The van der Waals surface area contributed by atoms with E-state index in [-0.39, 0.29) is 5.91 Å². The van der Waals surface area contributed by atoms with Crippen molar-refractivity contribution in [1.82, 2.24) is 29.5 Å². The summed E-state index contributed by atoms with van der Waals surface area (Å²) in [4.78, 5) is 21.1. The summed E-state index contributed by atoms with van der Waals surface area (Å²) in [6, 6.07) is 11.3. The predicted molar refractivity (Wildman–Crippen MR) is 92.6 cm³/mol. The van der Waals surface area contributed by atoms with Gasteiger partial charge in [-0.3, -0.25) is 4.79 Å². The van der Waals surface area contributed by atoms with E-state index in [1.807, 2.05) is 37.3 Å². The molecule has 25 heavy (non-hydrogen) atoms. The summed E-state index contributed by atoms with van der Waals surface area (Å²) >= 11 is 0. The Hall–Kier alpha value is -3.55. The largest absolute Gasteiger partial charge is 0.316 e. The maximum Gasteiger partial charge on any atom is 0.274 e. The van der Waals surface area contributed by atoms with E-state index in [9.17, 15) is 4.79 Å². The van der Waals surface area contributed by atoms with E-state index in [0.717, 1.165) is 10.9 Å². The number of nitrogens with one attached hydrogen (secondary N) is 1. The lowest BCUT2D eigenvalue weighted by Gasteiger charge is -2.08. The second-order valence-corrected chi connectivity index (χ2v) is 5.59. The number of carbonyl (C=O) groups excluding carboxylic acids is 1. The Labute approximate surface area is 143 Å². The molecular formula is C17H15N7O. The lowest BCUT2D eigenvalue weighted by atomic mass is 10.2. The van der Waals surface area contributed by atoms with Crippen molar-refractivity contribution in [3.05, 3.63) is 60.4 Å². The van der Waals surface area contributed by atoms with Crippen LogP contribution in [0.5, 0.6) is 0 Å². The SMILES string of the molecule is Cc1nn(C)c(-n2cncn2)c1NC(=O)c1ccc2ccccc2n1. The van der Waals surface area contributed by atoms with Gasteiger partial charge < -0.3 is 5.32 Å². The van der Waals surface area contributed by atoms with Crippen LogP contribution in [0, 0.1) is 6.92 Å². The van der Waals surface area contributed by atoms with Crippen LogP contribution < -0.4 is 5.32 Å². The van der Waals surface area contributed by atoms with Crippen molar-refractivity contribution < 1.29 is 4.79 Å². The molecule has 0 saturated carbocycles. The zero-order valence-electron chi connectivity index (χ0n) is 13.7. The Kier molecular flexibility index (Phi) is 3.50. The number of para-hydroxylation sites is 1. The Morgan fingerprint density at radius 1 is 1.16 bits per heavy atom. The van der Waals surface area contributed by atoms with E-state index in [1.54, 1.807) is 28.8 Å². The Bertz CT molecular complexity index is 1070. The molecule has 4 rings (SSSR count). The molecule has 8 heteroatoms. The fourth-order valence-corrected chi connectivity index (χ4v) is 2.74. The monoisotopic (exact) mass is 333 g/mol. The molecule has 1 amide bonds. The summed E-state index contributed by atoms with van der Waals surface area (Å²) in [5.74, 6) is 0.326. The third-order valence-electron chi connectivity index (χ3n) is 3.90. The number of aryl methyl sites for hydroxylation is 2. The topological polar surface area (TPSA) is 90.5 Å². The zero-order chi connectivity index (χ0) is 17.4. The number of aromatic nitrogens is 6. The maximum atomic E-state index is 12.7. The molecule has 0 saturated heterocycles. The van der Waals surface area contributed by atoms with E-state index in [4.69, 9.17) is 0 Å². The van der Waals surface area contributed by atoms with Crippen LogP contribution >= 0.6 is 0 Å². The van der Waals surface area contributed by atoms with Crippen LogP contribution in [0.1, 0.15) is 16.2 Å². The molecule has 0 radical (unpaired) electrons. The van der Waals surface area contributed by atoms with Crippen LogP contribution in [0.2, 0.25) is 0 Å². The molecule has 8 nitrogen and oxygen atoms in total. The highest BCUT2D eigenvalue weighted by Crippen LogP contribution is 2.23. The fourth-order valence-electron chi connectivity index (χ4n) is 2.74. The van der Waals surface area contributed by atoms with E-state index in [2.05, 4.69) is 25.5 Å². The predicted octanol–water partition coefficient (Wildman–Crippen LogP) is 2.11. The van der Waals surface area contributed by atoms with Gasteiger partial charge in [0.2, 0.25) is 0 Å². The minimum atomic E-state index is -0.303. The van der Waals surface area contributed by atoms with E-state index >= 15 is 0 Å². The van der Waals surface area contributed by atoms with E-state index < -0.39 is 0 Å². The van der Waals surface area contributed by atoms with E-state index in [0.29, 0.717) is 22.9 Å². The number of fused-ring (bicyclic) bond motifs is 1. The number of carbonyl (C=O) groups is 1. The second kappa shape index (κ2) is 5.82. The number of hydrogen-bond acceptors (Lipinski definition) is 5. The molecule has 0 aliphatic carbocycles. The van der Waals surface area contributed by atoms with Gasteiger partial charge in [-0.15, -0.1) is 0 Å². The van der Waals surface area contributed by atoms with Gasteiger partial charge >= 0.3 is 0 Å². The van der Waals surface area contributed by atoms with Crippen LogP contribution in [0.3, 0.4) is 0 Å². The van der Waals surface area contributed by atoms with Crippen LogP contribution in [0.15, 0.2) is 49.1 Å². The lowest BCUT2D eigenvalue weighted by Crippen LogP contribution is -2.16. The average Bonchev–Trinajstić information content (AvgIpc) is 3.23. The number of anilines is 1. The third-order valence-corrected chi connectivity index (χ3v) is 3.90. The molecule has 0 fully saturated rings. The highest BCUT2D eigenvalue weighted by atomic mass is 16.1. The fraction of sp³-hybridized carbons (Fsp3) is 0.118. The van der Waals surface area contributed by atoms with Crippen molar-refractivity contribution in [2.24, 2.45) is 7.05 Å². The van der Waals surface area contributed by atoms with Gasteiger partial charge in [0.05, 0.1) is 11.2 Å². The second-order valence-electron chi connectivity index (χ2n) is 5.59. The average molecular weight is 333 g/mol. The number of hydrogen-bond donors (Lipinski definition) is 1. The molecule has 0 unspecified atom stereocenters. The molecule has 3 heterocycles. The summed E-state index contributed by atoms with van der Waals surface area (Å²) in [6.45, 7) is 1.82. The first-order valence-electron chi connectivity index (χ1n) is 7.69. The lowest BCUT2D eigenvalue weighted by molar-refractivity contribution is 0.102. The first kappa shape index (κ1) is 15.0. The normalized spacial score (nSPS) is 11.0. The van der Waals surface area contributed by atoms with Gasteiger partial charge in [0.25, 0.3) is 5.91 Å². The van der Waals surface area contributed by atoms with Gasteiger partial charge in [0.1, 0.15) is 24.0 Å². The van der Waals surface area contributed by atoms with Crippen molar-refractivity contribution in [2.45, 2.75) is 6.92 Å². The van der Waals surface area contributed by atoms with Crippen molar-refractivity contribution >= 4 is 22.5 Å². The number of amides is 1. The first-order chi connectivity index (χ1) is 12.1. The highest BCUT2D eigenvalue weighted by Gasteiger charge is 2.19. The molecule has 1 aromatic carbocycles. The molecule has 0 aliphatic heterocycles. The molecule has 1 N–H and O–H groups in total. The van der Waals surface area contributed by atoms with Crippen LogP contribution in [0.4, 0.5) is 5.69 Å². The summed E-state index contributed by atoms with van der Waals surface area (Å²) < 4.78 is 3.21. The number of nitrogens with zero attached hydrogens (tertiary/aromatic N) is 6. The van der Waals surface area contributed by atoms with Gasteiger partial charge in [0, 0.05) is 12.4 Å². The molecule has 3 aromatic heterocycles. The molecule has 0 atom stereocenters.